The summed E-state index contributed by atoms with van der Waals surface area (Å²) in [4.78, 5) is 12.2. The second-order valence-electron chi connectivity index (χ2n) is 7.40. The molecular weight excluding hydrogens is 390 g/mol. The molecule has 0 atom stereocenters. The smallest absolute Gasteiger partial charge is 0.307 e. The molecule has 29 heavy (non-hydrogen) atoms. The van der Waals surface area contributed by atoms with Crippen molar-refractivity contribution in [2.24, 2.45) is 0 Å². The van der Waals surface area contributed by atoms with Crippen molar-refractivity contribution in [1.29, 1.82) is 0 Å². The lowest BCUT2D eigenvalue weighted by Crippen LogP contribution is -2.52. The highest BCUT2D eigenvalue weighted by Crippen LogP contribution is 2.39. The first-order chi connectivity index (χ1) is 13.9. The number of methoxy groups -OCH3 is 1. The normalized spacial score (nSPS) is 16.4. The average Bonchev–Trinajstić information content (AvgIpc) is 2.75. The van der Waals surface area contributed by atoms with Crippen LogP contribution >= 0.6 is 0 Å². The third-order valence-corrected chi connectivity index (χ3v) is 7.59. The standard InChI is InChI=1S/C22H27NO5S/c1-23(22(17-21(24)27-2)15-7-4-8-16-22)29(25,26)20-13-11-19(12-14-20)28-18-9-5-3-6-10-18/h3,5-6,9-14H,4,7-8,15-17H2,1-2H3. The van der Waals surface area contributed by atoms with E-state index in [9.17, 15) is 13.2 Å². The van der Waals surface area contributed by atoms with E-state index in [-0.39, 0.29) is 17.3 Å². The van der Waals surface area contributed by atoms with E-state index in [0.29, 0.717) is 24.3 Å². The fourth-order valence-corrected chi connectivity index (χ4v) is 5.42. The molecule has 1 fully saturated rings. The molecule has 0 saturated heterocycles. The maximum Gasteiger partial charge on any atom is 0.307 e. The van der Waals surface area contributed by atoms with Gasteiger partial charge in [0.05, 0.1) is 18.4 Å². The highest BCUT2D eigenvalue weighted by molar-refractivity contribution is 7.89. The number of benzene rings is 2. The molecule has 0 amide bonds. The van der Waals surface area contributed by atoms with Crippen LogP contribution in [0.25, 0.3) is 0 Å². The van der Waals surface area contributed by atoms with Crippen molar-refractivity contribution in [1.82, 2.24) is 4.31 Å². The van der Waals surface area contributed by atoms with Gasteiger partial charge in [-0.05, 0) is 49.2 Å². The molecule has 0 radical (unpaired) electrons. The largest absolute Gasteiger partial charge is 0.469 e. The highest BCUT2D eigenvalue weighted by Gasteiger charge is 2.44. The molecule has 0 heterocycles. The number of carbonyl (C=O) groups excluding carboxylic acids is 1. The predicted molar refractivity (Wildman–Crippen MR) is 110 cm³/mol. The van der Waals surface area contributed by atoms with Crippen molar-refractivity contribution < 1.29 is 22.7 Å². The summed E-state index contributed by atoms with van der Waals surface area (Å²) in [6.07, 6.45) is 4.18. The summed E-state index contributed by atoms with van der Waals surface area (Å²) in [5.41, 5.74) is -0.747. The van der Waals surface area contributed by atoms with Crippen molar-refractivity contribution in [2.75, 3.05) is 14.2 Å². The molecule has 2 aromatic rings. The summed E-state index contributed by atoms with van der Waals surface area (Å²) in [7, 11) is -0.871. The topological polar surface area (TPSA) is 72.9 Å². The zero-order chi connectivity index (χ0) is 20.9. The van der Waals surface area contributed by atoms with Gasteiger partial charge >= 0.3 is 5.97 Å². The van der Waals surface area contributed by atoms with Crippen LogP contribution < -0.4 is 4.74 Å². The van der Waals surface area contributed by atoms with Crippen molar-refractivity contribution in [3.05, 3.63) is 54.6 Å². The van der Waals surface area contributed by atoms with E-state index in [1.807, 2.05) is 30.3 Å². The fourth-order valence-electron chi connectivity index (χ4n) is 3.87. The first kappa shape index (κ1) is 21.3. The van der Waals surface area contributed by atoms with Crippen molar-refractivity contribution in [3.8, 4) is 11.5 Å². The zero-order valence-corrected chi connectivity index (χ0v) is 17.7. The number of ether oxygens (including phenoxy) is 2. The van der Waals surface area contributed by atoms with Crippen LogP contribution in [-0.2, 0) is 19.6 Å². The first-order valence-electron chi connectivity index (χ1n) is 9.76. The Hall–Kier alpha value is -2.38. The van der Waals surface area contributed by atoms with Gasteiger partial charge in [-0.1, -0.05) is 37.5 Å². The van der Waals surface area contributed by atoms with Crippen LogP contribution in [0.2, 0.25) is 0 Å². The summed E-state index contributed by atoms with van der Waals surface area (Å²) < 4.78 is 38.6. The third kappa shape index (κ3) is 4.79. The molecular formula is C22H27NO5S. The molecule has 1 saturated carbocycles. The Labute approximate surface area is 172 Å². The maximum absolute atomic E-state index is 13.3. The summed E-state index contributed by atoms with van der Waals surface area (Å²) in [5.74, 6) is 0.847. The second kappa shape index (κ2) is 8.97. The summed E-state index contributed by atoms with van der Waals surface area (Å²) >= 11 is 0. The molecule has 7 heteroatoms. The van der Waals surface area contributed by atoms with Crippen LogP contribution in [0, 0.1) is 0 Å². The van der Waals surface area contributed by atoms with Crippen molar-refractivity contribution in [3.63, 3.8) is 0 Å². The molecule has 2 aromatic carbocycles. The maximum atomic E-state index is 13.3. The van der Waals surface area contributed by atoms with Gasteiger partial charge in [0.15, 0.2) is 0 Å². The number of hydrogen-bond donors (Lipinski definition) is 0. The molecule has 0 unspecified atom stereocenters. The van der Waals surface area contributed by atoms with Crippen LogP contribution in [0.5, 0.6) is 11.5 Å². The van der Waals surface area contributed by atoms with Gasteiger partial charge in [-0.2, -0.15) is 4.31 Å². The number of nitrogens with zero attached hydrogens (tertiary/aromatic N) is 1. The van der Waals surface area contributed by atoms with Gasteiger partial charge in [0.2, 0.25) is 10.0 Å². The second-order valence-corrected chi connectivity index (χ2v) is 9.37. The Kier molecular flexibility index (Phi) is 6.59. The van der Waals surface area contributed by atoms with E-state index in [1.54, 1.807) is 31.3 Å². The minimum atomic E-state index is -3.77. The van der Waals surface area contributed by atoms with Gasteiger partial charge in [-0.25, -0.2) is 8.42 Å². The first-order valence-corrected chi connectivity index (χ1v) is 11.2. The summed E-state index contributed by atoms with van der Waals surface area (Å²) in [6.45, 7) is 0. The Bertz CT molecular complexity index is 919. The van der Waals surface area contributed by atoms with Gasteiger partial charge in [-0.15, -0.1) is 0 Å². The number of para-hydroxylation sites is 1. The van der Waals surface area contributed by atoms with Crippen LogP contribution in [0.1, 0.15) is 38.5 Å². The lowest BCUT2D eigenvalue weighted by molar-refractivity contribution is -0.143. The van der Waals surface area contributed by atoms with Crippen LogP contribution in [-0.4, -0.2) is 38.4 Å². The van der Waals surface area contributed by atoms with Gasteiger partial charge in [0.1, 0.15) is 11.5 Å². The van der Waals surface area contributed by atoms with Crippen molar-refractivity contribution >= 4 is 16.0 Å². The van der Waals surface area contributed by atoms with Gasteiger partial charge < -0.3 is 9.47 Å². The minimum absolute atomic E-state index is 0.0639. The molecule has 1 aliphatic rings. The molecule has 1 aliphatic carbocycles. The fraction of sp³-hybridized carbons (Fsp3) is 0.409. The molecule has 0 bridgehead atoms. The van der Waals surface area contributed by atoms with Gasteiger partial charge in [0.25, 0.3) is 0 Å². The molecule has 0 aliphatic heterocycles. The monoisotopic (exact) mass is 417 g/mol. The number of carbonyl (C=O) groups is 1. The van der Waals surface area contributed by atoms with E-state index in [1.165, 1.54) is 11.4 Å². The van der Waals surface area contributed by atoms with Crippen molar-refractivity contribution in [2.45, 2.75) is 49.0 Å². The third-order valence-electron chi connectivity index (χ3n) is 5.61. The predicted octanol–water partition coefficient (Wildman–Crippen LogP) is 4.37. The molecule has 156 valence electrons. The van der Waals surface area contributed by atoms with E-state index >= 15 is 0 Å². The van der Waals surface area contributed by atoms with Gasteiger partial charge in [-0.3, -0.25) is 4.79 Å². The van der Waals surface area contributed by atoms with Gasteiger partial charge in [0, 0.05) is 12.6 Å². The quantitative estimate of drug-likeness (QED) is 0.626. The van der Waals surface area contributed by atoms with Crippen LogP contribution in [0.3, 0.4) is 0 Å². The number of rotatable bonds is 7. The molecule has 0 N–H and O–H groups in total. The van der Waals surface area contributed by atoms with Crippen LogP contribution in [0.15, 0.2) is 59.5 Å². The zero-order valence-electron chi connectivity index (χ0n) is 16.8. The Morgan fingerprint density at radius 3 is 2.14 bits per heavy atom. The molecule has 0 aromatic heterocycles. The van der Waals surface area contributed by atoms with Crippen LogP contribution in [0.4, 0.5) is 0 Å². The number of sulfonamides is 1. The lowest BCUT2D eigenvalue weighted by Gasteiger charge is -2.43. The lowest BCUT2D eigenvalue weighted by atomic mass is 9.79. The Balaban J connectivity index is 1.83. The van der Waals surface area contributed by atoms with E-state index in [2.05, 4.69) is 0 Å². The van der Waals surface area contributed by atoms with E-state index < -0.39 is 15.6 Å². The summed E-state index contributed by atoms with van der Waals surface area (Å²) in [5, 5.41) is 0. The minimum Gasteiger partial charge on any atom is -0.469 e. The Morgan fingerprint density at radius 2 is 1.55 bits per heavy atom. The average molecular weight is 418 g/mol. The number of hydrogen-bond acceptors (Lipinski definition) is 5. The van der Waals surface area contributed by atoms with E-state index in [0.717, 1.165) is 19.3 Å². The number of esters is 1. The summed E-state index contributed by atoms with van der Waals surface area (Å²) in [6, 6.07) is 15.7. The Morgan fingerprint density at radius 1 is 0.966 bits per heavy atom. The molecule has 0 spiro atoms. The highest BCUT2D eigenvalue weighted by atomic mass is 32.2. The van der Waals surface area contributed by atoms with E-state index in [4.69, 9.17) is 9.47 Å². The molecule has 6 nitrogen and oxygen atoms in total. The SMILES string of the molecule is COC(=O)CC1(N(C)S(=O)(=O)c2ccc(Oc3ccccc3)cc2)CCCCC1. The molecule has 3 rings (SSSR count).